The summed E-state index contributed by atoms with van der Waals surface area (Å²) in [6.07, 6.45) is 2.88. The Morgan fingerprint density at radius 1 is 1.04 bits per heavy atom. The Kier molecular flexibility index (Phi) is 9.75. The quantitative estimate of drug-likeness (QED) is 0.713. The highest BCUT2D eigenvalue weighted by Gasteiger charge is 2.27. The topological polar surface area (TPSA) is 64.7 Å². The molecule has 0 aliphatic carbocycles. The van der Waals surface area contributed by atoms with Crippen LogP contribution < -0.4 is 10.6 Å². The summed E-state index contributed by atoms with van der Waals surface area (Å²) >= 11 is 0. The normalized spacial score (nSPS) is 18.4. The Balaban J connectivity index is 0.00000280. The second kappa shape index (κ2) is 12.0. The van der Waals surface area contributed by atoms with E-state index in [4.69, 9.17) is 0 Å². The molecule has 0 saturated carbocycles. The van der Waals surface area contributed by atoms with Crippen molar-refractivity contribution in [2.75, 3.05) is 52.4 Å². The number of aryl methyl sites for hydroxylation is 1. The van der Waals surface area contributed by atoms with Crippen molar-refractivity contribution in [2.45, 2.75) is 25.7 Å². The fourth-order valence-electron chi connectivity index (χ4n) is 3.86. The molecule has 2 aliphatic rings. The Morgan fingerprint density at radius 3 is 2.39 bits per heavy atom. The number of carbonyl (C=O) groups excluding carboxylic acids is 2. The molecule has 0 unspecified atom stereocenters. The van der Waals surface area contributed by atoms with Crippen LogP contribution in [0.1, 0.15) is 24.8 Å². The van der Waals surface area contributed by atoms with Gasteiger partial charge in [0.05, 0.1) is 0 Å². The zero-order valence-electron chi connectivity index (χ0n) is 16.6. The van der Waals surface area contributed by atoms with E-state index in [2.05, 4.69) is 27.7 Å². The van der Waals surface area contributed by atoms with Crippen molar-refractivity contribution < 1.29 is 9.59 Å². The van der Waals surface area contributed by atoms with E-state index in [0.717, 1.165) is 58.5 Å². The average molecular weight is 409 g/mol. The van der Waals surface area contributed by atoms with Crippen LogP contribution in [0.2, 0.25) is 0 Å². The number of rotatable bonds is 7. The van der Waals surface area contributed by atoms with E-state index in [1.165, 1.54) is 5.56 Å². The zero-order chi connectivity index (χ0) is 18.9. The van der Waals surface area contributed by atoms with Crippen molar-refractivity contribution in [3.63, 3.8) is 0 Å². The molecule has 2 aliphatic heterocycles. The summed E-state index contributed by atoms with van der Waals surface area (Å²) in [5.74, 6) is 0.407. The molecular formula is C21H33ClN4O2. The van der Waals surface area contributed by atoms with E-state index in [-0.39, 0.29) is 30.1 Å². The van der Waals surface area contributed by atoms with Crippen LogP contribution in [-0.2, 0) is 16.0 Å². The van der Waals surface area contributed by atoms with E-state index < -0.39 is 0 Å². The van der Waals surface area contributed by atoms with Gasteiger partial charge < -0.3 is 15.5 Å². The van der Waals surface area contributed by atoms with Gasteiger partial charge in [-0.15, -0.1) is 12.4 Å². The third kappa shape index (κ3) is 7.08. The molecule has 2 N–H and O–H groups in total. The molecule has 1 aromatic carbocycles. The number of piperazine rings is 1. The first-order valence-electron chi connectivity index (χ1n) is 10.2. The zero-order valence-corrected chi connectivity index (χ0v) is 17.4. The molecule has 3 rings (SSSR count). The molecule has 2 fully saturated rings. The monoisotopic (exact) mass is 408 g/mol. The smallest absolute Gasteiger partial charge is 0.223 e. The largest absolute Gasteiger partial charge is 0.355 e. The Hall–Kier alpha value is -1.63. The summed E-state index contributed by atoms with van der Waals surface area (Å²) in [5, 5.41) is 6.42. The van der Waals surface area contributed by atoms with Crippen LogP contribution in [0.3, 0.4) is 0 Å². The molecule has 0 bridgehead atoms. The van der Waals surface area contributed by atoms with Crippen molar-refractivity contribution in [3.05, 3.63) is 35.9 Å². The molecule has 7 heteroatoms. The van der Waals surface area contributed by atoms with E-state index in [1.807, 2.05) is 23.1 Å². The van der Waals surface area contributed by atoms with Gasteiger partial charge in [-0.1, -0.05) is 30.3 Å². The molecular weight excluding hydrogens is 376 g/mol. The number of hydrogen-bond donors (Lipinski definition) is 2. The first kappa shape index (κ1) is 22.7. The third-order valence-electron chi connectivity index (χ3n) is 5.63. The predicted octanol–water partition coefficient (Wildman–Crippen LogP) is 1.30. The Labute approximate surface area is 174 Å². The summed E-state index contributed by atoms with van der Waals surface area (Å²) in [6, 6.07) is 10.1. The number of likely N-dealkylation sites (tertiary alicyclic amines) is 1. The van der Waals surface area contributed by atoms with Gasteiger partial charge in [0, 0.05) is 64.7 Å². The molecule has 28 heavy (non-hydrogen) atoms. The average Bonchev–Trinajstić information content (AvgIpc) is 2.73. The van der Waals surface area contributed by atoms with Gasteiger partial charge in [-0.05, 0) is 24.8 Å². The van der Waals surface area contributed by atoms with Crippen LogP contribution in [0, 0.1) is 5.92 Å². The van der Waals surface area contributed by atoms with Gasteiger partial charge in [-0.25, -0.2) is 0 Å². The minimum absolute atomic E-state index is 0. The van der Waals surface area contributed by atoms with Crippen molar-refractivity contribution in [2.24, 2.45) is 5.92 Å². The number of hydrogen-bond acceptors (Lipinski definition) is 4. The Bertz CT molecular complexity index is 600. The van der Waals surface area contributed by atoms with E-state index in [1.54, 1.807) is 0 Å². The lowest BCUT2D eigenvalue weighted by atomic mass is 9.95. The predicted molar refractivity (Wildman–Crippen MR) is 114 cm³/mol. The van der Waals surface area contributed by atoms with Gasteiger partial charge in [0.15, 0.2) is 0 Å². The Morgan fingerprint density at radius 2 is 1.71 bits per heavy atom. The number of nitrogens with one attached hydrogen (secondary N) is 2. The molecule has 6 nitrogen and oxygen atoms in total. The molecule has 0 aromatic heterocycles. The maximum atomic E-state index is 12.4. The van der Waals surface area contributed by atoms with Gasteiger partial charge >= 0.3 is 0 Å². The molecule has 2 heterocycles. The van der Waals surface area contributed by atoms with Crippen molar-refractivity contribution in [1.82, 2.24) is 20.4 Å². The highest BCUT2D eigenvalue weighted by atomic mass is 35.5. The minimum atomic E-state index is 0. The number of halogens is 1. The molecule has 0 spiro atoms. The van der Waals surface area contributed by atoms with Crippen LogP contribution in [0.5, 0.6) is 0 Å². The summed E-state index contributed by atoms with van der Waals surface area (Å²) in [5.41, 5.74) is 1.20. The van der Waals surface area contributed by atoms with Crippen molar-refractivity contribution in [3.8, 4) is 0 Å². The molecule has 2 amide bonds. The number of amides is 2. The number of carbonyl (C=O) groups is 2. The highest BCUT2D eigenvalue weighted by molar-refractivity contribution is 5.85. The third-order valence-corrected chi connectivity index (χ3v) is 5.63. The summed E-state index contributed by atoms with van der Waals surface area (Å²) in [4.78, 5) is 29.1. The molecule has 156 valence electrons. The lowest BCUT2D eigenvalue weighted by Gasteiger charge is -2.32. The fourth-order valence-corrected chi connectivity index (χ4v) is 3.86. The summed E-state index contributed by atoms with van der Waals surface area (Å²) < 4.78 is 0. The lowest BCUT2D eigenvalue weighted by molar-refractivity contribution is -0.135. The van der Waals surface area contributed by atoms with Crippen LogP contribution in [-0.4, -0.2) is 74.0 Å². The molecule has 1 aromatic rings. The number of benzene rings is 1. The van der Waals surface area contributed by atoms with E-state index in [0.29, 0.717) is 19.5 Å². The standard InChI is InChI=1S/C21H32N4O2.ClH/c26-20(7-6-18-4-2-1-3-5-18)25-13-8-19(9-14-25)21(27)23-12-17-24-15-10-22-11-16-24;/h1-5,19,22H,6-17H2,(H,23,27);1H. The van der Waals surface area contributed by atoms with Crippen LogP contribution >= 0.6 is 12.4 Å². The summed E-state index contributed by atoms with van der Waals surface area (Å²) in [7, 11) is 0. The van der Waals surface area contributed by atoms with Crippen LogP contribution in [0.15, 0.2) is 30.3 Å². The molecule has 2 saturated heterocycles. The summed E-state index contributed by atoms with van der Waals surface area (Å²) in [6.45, 7) is 7.21. The van der Waals surface area contributed by atoms with Gasteiger partial charge in [0.25, 0.3) is 0 Å². The second-order valence-corrected chi connectivity index (χ2v) is 7.52. The molecule has 0 radical (unpaired) electrons. The first-order chi connectivity index (χ1) is 13.2. The van der Waals surface area contributed by atoms with Gasteiger partial charge in [-0.3, -0.25) is 14.5 Å². The molecule has 0 atom stereocenters. The second-order valence-electron chi connectivity index (χ2n) is 7.52. The maximum absolute atomic E-state index is 12.4. The van der Waals surface area contributed by atoms with Gasteiger partial charge in [-0.2, -0.15) is 0 Å². The minimum Gasteiger partial charge on any atom is -0.355 e. The lowest BCUT2D eigenvalue weighted by Crippen LogP contribution is -2.47. The number of nitrogens with zero attached hydrogens (tertiary/aromatic N) is 2. The highest BCUT2D eigenvalue weighted by Crippen LogP contribution is 2.18. The van der Waals surface area contributed by atoms with E-state index >= 15 is 0 Å². The van der Waals surface area contributed by atoms with Crippen LogP contribution in [0.4, 0.5) is 0 Å². The van der Waals surface area contributed by atoms with Crippen molar-refractivity contribution >= 4 is 24.2 Å². The first-order valence-corrected chi connectivity index (χ1v) is 10.2. The van der Waals surface area contributed by atoms with Crippen LogP contribution in [0.25, 0.3) is 0 Å². The van der Waals surface area contributed by atoms with Crippen molar-refractivity contribution in [1.29, 1.82) is 0 Å². The van der Waals surface area contributed by atoms with Gasteiger partial charge in [0.1, 0.15) is 0 Å². The van der Waals surface area contributed by atoms with Gasteiger partial charge in [0.2, 0.25) is 11.8 Å². The maximum Gasteiger partial charge on any atom is 0.223 e. The SMILES string of the molecule is Cl.O=C(NCCN1CCNCC1)C1CCN(C(=O)CCc2ccccc2)CC1. The number of piperidine rings is 1. The fraction of sp³-hybridized carbons (Fsp3) is 0.619. The van der Waals surface area contributed by atoms with E-state index in [9.17, 15) is 9.59 Å².